The monoisotopic (exact) mass is 427 g/mol. The molecule has 0 saturated carbocycles. The zero-order valence-electron chi connectivity index (χ0n) is 16.5. The number of non-ortho nitro benzene ring substituents is 1. The van der Waals surface area contributed by atoms with Crippen molar-refractivity contribution in [1.82, 2.24) is 4.90 Å². The van der Waals surface area contributed by atoms with E-state index in [1.165, 1.54) is 18.2 Å². The molecule has 30 heavy (non-hydrogen) atoms. The molecule has 1 unspecified atom stereocenters. The molecule has 156 valence electrons. The molecule has 0 spiro atoms. The van der Waals surface area contributed by atoms with Crippen molar-refractivity contribution in [3.8, 4) is 6.07 Å². The van der Waals surface area contributed by atoms with Crippen LogP contribution in [0.15, 0.2) is 42.5 Å². The van der Waals surface area contributed by atoms with E-state index >= 15 is 0 Å². The minimum Gasteiger partial charge on any atom is -0.370 e. The Balaban J connectivity index is 1.63. The molecule has 1 amide bonds. The Kier molecular flexibility index (Phi) is 6.87. The van der Waals surface area contributed by atoms with Gasteiger partial charge >= 0.3 is 0 Å². The maximum atomic E-state index is 12.8. The van der Waals surface area contributed by atoms with E-state index < -0.39 is 11.0 Å². The van der Waals surface area contributed by atoms with E-state index in [2.05, 4.69) is 21.2 Å². The number of benzene rings is 2. The number of nitrogens with one attached hydrogen (secondary N) is 1. The van der Waals surface area contributed by atoms with Gasteiger partial charge in [-0.05, 0) is 43.7 Å². The lowest BCUT2D eigenvalue weighted by Crippen LogP contribution is -2.44. The van der Waals surface area contributed by atoms with Crippen molar-refractivity contribution in [1.29, 1.82) is 5.26 Å². The number of hydrogen-bond donors (Lipinski definition) is 1. The summed E-state index contributed by atoms with van der Waals surface area (Å²) in [5.41, 5.74) is 1.78. The number of nitriles is 1. The molecule has 9 heteroatoms. The van der Waals surface area contributed by atoms with Crippen LogP contribution < -0.4 is 10.2 Å². The first-order valence-corrected chi connectivity index (χ1v) is 10.0. The third-order valence-electron chi connectivity index (χ3n) is 5.24. The number of anilines is 2. The van der Waals surface area contributed by atoms with Gasteiger partial charge in [0.2, 0.25) is 5.91 Å². The molecule has 8 nitrogen and oxygen atoms in total. The molecular formula is C21H22ClN5O3. The normalized spacial score (nSPS) is 15.7. The van der Waals surface area contributed by atoms with Gasteiger partial charge in [-0.15, -0.1) is 0 Å². The Bertz CT molecular complexity index is 974. The van der Waals surface area contributed by atoms with Crippen LogP contribution in [-0.2, 0) is 4.79 Å². The predicted molar refractivity (Wildman–Crippen MR) is 116 cm³/mol. The number of carbonyl (C=O) groups is 1. The molecule has 0 bridgehead atoms. The predicted octanol–water partition coefficient (Wildman–Crippen LogP) is 3.66. The molecule has 3 rings (SSSR count). The third kappa shape index (κ3) is 5.06. The first-order valence-electron chi connectivity index (χ1n) is 9.63. The summed E-state index contributed by atoms with van der Waals surface area (Å²) in [6, 6.07) is 13.2. The molecule has 0 radical (unpaired) electrons. The smallest absolute Gasteiger partial charge is 0.271 e. The Morgan fingerprint density at radius 1 is 1.20 bits per heavy atom. The summed E-state index contributed by atoms with van der Waals surface area (Å²) >= 11 is 6.09. The van der Waals surface area contributed by atoms with E-state index in [0.717, 1.165) is 31.7 Å². The number of rotatable bonds is 5. The molecule has 1 fully saturated rings. The standard InChI is InChI=1S/C21H22ClN5O3/c1-15(21(28)24-20-13-18(27(29)30)7-8-19(20)22)25-9-2-10-26(12-11-25)17-5-3-16(14-23)4-6-17/h3-8,13,15H,2,9-12H2,1H3,(H,24,28). The highest BCUT2D eigenvalue weighted by Gasteiger charge is 2.25. The summed E-state index contributed by atoms with van der Waals surface area (Å²) in [5.74, 6) is -0.260. The second kappa shape index (κ2) is 9.57. The molecule has 2 aromatic carbocycles. The number of carbonyl (C=O) groups excluding carboxylic acids is 1. The van der Waals surface area contributed by atoms with Gasteiger partial charge in [-0.1, -0.05) is 11.6 Å². The summed E-state index contributed by atoms with van der Waals surface area (Å²) in [6.45, 7) is 4.87. The van der Waals surface area contributed by atoms with Crippen LogP contribution in [-0.4, -0.2) is 48.0 Å². The van der Waals surface area contributed by atoms with Crippen molar-refractivity contribution in [2.24, 2.45) is 0 Å². The van der Waals surface area contributed by atoms with Gasteiger partial charge in [0, 0.05) is 44.0 Å². The van der Waals surface area contributed by atoms with Crippen LogP contribution in [0, 0.1) is 21.4 Å². The number of amides is 1. The Morgan fingerprint density at radius 3 is 2.60 bits per heavy atom. The molecule has 0 aliphatic carbocycles. The van der Waals surface area contributed by atoms with Crippen molar-refractivity contribution in [2.45, 2.75) is 19.4 Å². The highest BCUT2D eigenvalue weighted by atomic mass is 35.5. The molecule has 1 saturated heterocycles. The lowest BCUT2D eigenvalue weighted by atomic mass is 10.2. The van der Waals surface area contributed by atoms with E-state index in [0.29, 0.717) is 12.1 Å². The van der Waals surface area contributed by atoms with Crippen molar-refractivity contribution in [3.05, 3.63) is 63.2 Å². The summed E-state index contributed by atoms with van der Waals surface area (Å²) < 4.78 is 0. The number of nitro groups is 1. The largest absolute Gasteiger partial charge is 0.370 e. The van der Waals surface area contributed by atoms with Gasteiger partial charge in [-0.3, -0.25) is 19.8 Å². The molecule has 1 N–H and O–H groups in total. The van der Waals surface area contributed by atoms with Crippen molar-refractivity contribution in [2.75, 3.05) is 36.4 Å². The second-order valence-electron chi connectivity index (χ2n) is 7.12. The topological polar surface area (TPSA) is 103 Å². The van der Waals surface area contributed by atoms with Gasteiger partial charge in [0.25, 0.3) is 5.69 Å². The van der Waals surface area contributed by atoms with Crippen LogP contribution in [0.2, 0.25) is 5.02 Å². The molecule has 2 aromatic rings. The fraction of sp³-hybridized carbons (Fsp3) is 0.333. The lowest BCUT2D eigenvalue weighted by Gasteiger charge is -2.27. The first-order chi connectivity index (χ1) is 14.4. The van der Waals surface area contributed by atoms with Gasteiger partial charge in [-0.25, -0.2) is 0 Å². The fourth-order valence-corrected chi connectivity index (χ4v) is 3.62. The lowest BCUT2D eigenvalue weighted by molar-refractivity contribution is -0.384. The van der Waals surface area contributed by atoms with E-state index in [4.69, 9.17) is 16.9 Å². The van der Waals surface area contributed by atoms with Crippen molar-refractivity contribution >= 4 is 34.6 Å². The second-order valence-corrected chi connectivity index (χ2v) is 7.53. The zero-order chi connectivity index (χ0) is 21.7. The van der Waals surface area contributed by atoms with Gasteiger partial charge in [-0.2, -0.15) is 5.26 Å². The molecule has 1 aliphatic rings. The molecule has 1 aliphatic heterocycles. The molecular weight excluding hydrogens is 406 g/mol. The molecule has 1 heterocycles. The first kappa shape index (κ1) is 21.6. The minimum atomic E-state index is -0.526. The van der Waals surface area contributed by atoms with E-state index in [-0.39, 0.29) is 22.3 Å². The third-order valence-corrected chi connectivity index (χ3v) is 5.57. The van der Waals surface area contributed by atoms with Gasteiger partial charge in [0.05, 0.1) is 33.3 Å². The summed E-state index contributed by atoms with van der Waals surface area (Å²) in [6.07, 6.45) is 0.884. The van der Waals surface area contributed by atoms with Crippen LogP contribution in [0.25, 0.3) is 0 Å². The highest BCUT2D eigenvalue weighted by molar-refractivity contribution is 6.33. The number of halogens is 1. The van der Waals surface area contributed by atoms with Gasteiger partial charge < -0.3 is 10.2 Å². The summed E-state index contributed by atoms with van der Waals surface area (Å²) in [7, 11) is 0. The van der Waals surface area contributed by atoms with Crippen LogP contribution in [0.4, 0.5) is 17.1 Å². The van der Waals surface area contributed by atoms with E-state index in [1.807, 2.05) is 19.1 Å². The van der Waals surface area contributed by atoms with Crippen LogP contribution in [0.1, 0.15) is 18.9 Å². The average Bonchev–Trinajstić information content (AvgIpc) is 3.01. The Labute approximate surface area is 179 Å². The summed E-state index contributed by atoms with van der Waals surface area (Å²) in [5, 5.41) is 22.9. The van der Waals surface area contributed by atoms with Crippen LogP contribution in [0.3, 0.4) is 0 Å². The van der Waals surface area contributed by atoms with Crippen molar-refractivity contribution in [3.63, 3.8) is 0 Å². The fourth-order valence-electron chi connectivity index (χ4n) is 3.46. The van der Waals surface area contributed by atoms with Gasteiger partial charge in [0.1, 0.15) is 0 Å². The molecule has 1 atom stereocenters. The maximum Gasteiger partial charge on any atom is 0.271 e. The highest BCUT2D eigenvalue weighted by Crippen LogP contribution is 2.27. The Hall–Kier alpha value is -3.15. The number of hydrogen-bond acceptors (Lipinski definition) is 6. The summed E-state index contributed by atoms with van der Waals surface area (Å²) in [4.78, 5) is 27.5. The number of nitro benzene ring substituents is 1. The van der Waals surface area contributed by atoms with Gasteiger partial charge in [0.15, 0.2) is 0 Å². The minimum absolute atomic E-state index is 0.129. The SMILES string of the molecule is CC(C(=O)Nc1cc([N+](=O)[O-])ccc1Cl)N1CCCN(c2ccc(C#N)cc2)CC1. The number of nitrogens with zero attached hydrogens (tertiary/aromatic N) is 4. The quantitative estimate of drug-likeness (QED) is 0.577. The zero-order valence-corrected chi connectivity index (χ0v) is 17.3. The Morgan fingerprint density at radius 2 is 1.93 bits per heavy atom. The van der Waals surface area contributed by atoms with E-state index in [1.54, 1.807) is 12.1 Å². The van der Waals surface area contributed by atoms with Crippen LogP contribution in [0.5, 0.6) is 0 Å². The molecule has 0 aromatic heterocycles. The van der Waals surface area contributed by atoms with Crippen molar-refractivity contribution < 1.29 is 9.72 Å². The average molecular weight is 428 g/mol. The maximum absolute atomic E-state index is 12.8. The van der Waals surface area contributed by atoms with Crippen LogP contribution >= 0.6 is 11.6 Å². The van der Waals surface area contributed by atoms with E-state index in [9.17, 15) is 14.9 Å².